The lowest BCUT2D eigenvalue weighted by atomic mass is 10.1. The van der Waals surface area contributed by atoms with Gasteiger partial charge in [0.2, 0.25) is 0 Å². The van der Waals surface area contributed by atoms with Crippen molar-refractivity contribution in [3.8, 4) is 0 Å². The maximum Gasteiger partial charge on any atom is 0.276 e. The summed E-state index contributed by atoms with van der Waals surface area (Å²) < 4.78 is 1.78. The average molecular weight is 269 g/mol. The van der Waals surface area contributed by atoms with Crippen molar-refractivity contribution >= 4 is 5.69 Å². The molecule has 0 bridgehead atoms. The highest BCUT2D eigenvalue weighted by molar-refractivity contribution is 5.40. The van der Waals surface area contributed by atoms with Crippen LogP contribution in [0.2, 0.25) is 0 Å². The molecule has 0 atom stereocenters. The first-order valence-electron chi connectivity index (χ1n) is 7.03. The van der Waals surface area contributed by atoms with E-state index in [-0.39, 0.29) is 5.56 Å². The molecule has 0 spiro atoms. The van der Waals surface area contributed by atoms with Gasteiger partial charge in [-0.25, -0.2) is 4.98 Å². The fourth-order valence-electron chi connectivity index (χ4n) is 2.84. The molecule has 1 N–H and O–H groups in total. The lowest BCUT2D eigenvalue weighted by Gasteiger charge is -2.09. The fourth-order valence-corrected chi connectivity index (χ4v) is 2.84. The van der Waals surface area contributed by atoms with Crippen molar-refractivity contribution in [3.63, 3.8) is 0 Å². The smallest absolute Gasteiger partial charge is 0.276 e. The van der Waals surface area contributed by atoms with E-state index in [2.05, 4.69) is 42.3 Å². The largest absolute Gasteiger partial charge is 0.375 e. The molecule has 0 amide bonds. The second kappa shape index (κ2) is 5.12. The van der Waals surface area contributed by atoms with Crippen LogP contribution in [-0.4, -0.2) is 9.55 Å². The molecule has 3 rings (SSSR count). The van der Waals surface area contributed by atoms with Crippen LogP contribution >= 0.6 is 0 Å². The van der Waals surface area contributed by atoms with Crippen LogP contribution in [0.4, 0.5) is 5.69 Å². The highest BCUT2D eigenvalue weighted by Crippen LogP contribution is 2.13. The molecule has 0 saturated carbocycles. The zero-order valence-corrected chi connectivity index (χ0v) is 11.9. The van der Waals surface area contributed by atoms with Crippen molar-refractivity contribution in [2.75, 3.05) is 5.32 Å². The molecule has 1 aliphatic rings. The van der Waals surface area contributed by atoms with E-state index in [4.69, 9.17) is 0 Å². The Bertz CT molecular complexity index is 683. The molecule has 20 heavy (non-hydrogen) atoms. The van der Waals surface area contributed by atoms with E-state index in [1.165, 1.54) is 16.7 Å². The SMILES string of the molecule is Cc1cc(C)cc(CNc2cnc3n(c2=O)CCC3)c1. The van der Waals surface area contributed by atoms with Crippen LogP contribution in [0.3, 0.4) is 0 Å². The quantitative estimate of drug-likeness (QED) is 0.931. The fraction of sp³-hybridized carbons (Fsp3) is 0.375. The molecule has 1 aromatic heterocycles. The van der Waals surface area contributed by atoms with Crippen LogP contribution < -0.4 is 10.9 Å². The molecule has 1 aliphatic heterocycles. The van der Waals surface area contributed by atoms with Crippen LogP contribution in [0.25, 0.3) is 0 Å². The summed E-state index contributed by atoms with van der Waals surface area (Å²) in [5.74, 6) is 0.909. The highest BCUT2D eigenvalue weighted by Gasteiger charge is 2.15. The van der Waals surface area contributed by atoms with E-state index >= 15 is 0 Å². The molecule has 0 saturated heterocycles. The Hall–Kier alpha value is -2.10. The van der Waals surface area contributed by atoms with E-state index in [9.17, 15) is 4.79 Å². The third kappa shape index (κ3) is 2.46. The summed E-state index contributed by atoms with van der Waals surface area (Å²) in [5.41, 5.74) is 4.32. The van der Waals surface area contributed by atoms with E-state index in [0.29, 0.717) is 12.2 Å². The summed E-state index contributed by atoms with van der Waals surface area (Å²) in [6.07, 6.45) is 3.59. The molecular weight excluding hydrogens is 250 g/mol. The number of aromatic nitrogens is 2. The summed E-state index contributed by atoms with van der Waals surface area (Å²) in [6.45, 7) is 5.61. The van der Waals surface area contributed by atoms with Crippen molar-refractivity contribution in [2.24, 2.45) is 0 Å². The maximum atomic E-state index is 12.3. The zero-order chi connectivity index (χ0) is 14.1. The number of benzene rings is 1. The Labute approximate surface area is 118 Å². The number of anilines is 1. The third-order valence-electron chi connectivity index (χ3n) is 3.68. The molecule has 0 fully saturated rings. The lowest BCUT2D eigenvalue weighted by molar-refractivity contribution is 0.712. The van der Waals surface area contributed by atoms with Crippen LogP contribution in [0, 0.1) is 13.8 Å². The predicted octanol–water partition coefficient (Wildman–Crippen LogP) is 2.42. The van der Waals surface area contributed by atoms with Gasteiger partial charge in [-0.2, -0.15) is 0 Å². The first-order chi connectivity index (χ1) is 9.63. The number of aryl methyl sites for hydroxylation is 3. The summed E-state index contributed by atoms with van der Waals surface area (Å²) in [4.78, 5) is 16.6. The minimum atomic E-state index is 0.0527. The maximum absolute atomic E-state index is 12.3. The van der Waals surface area contributed by atoms with E-state index < -0.39 is 0 Å². The Morgan fingerprint density at radius 2 is 2.00 bits per heavy atom. The minimum Gasteiger partial charge on any atom is -0.375 e. The number of nitrogens with zero attached hydrogens (tertiary/aromatic N) is 2. The number of fused-ring (bicyclic) bond motifs is 1. The number of nitrogens with one attached hydrogen (secondary N) is 1. The monoisotopic (exact) mass is 269 g/mol. The summed E-state index contributed by atoms with van der Waals surface area (Å²) in [7, 11) is 0. The Morgan fingerprint density at radius 1 is 1.25 bits per heavy atom. The van der Waals surface area contributed by atoms with Gasteiger partial charge in [0.15, 0.2) is 0 Å². The third-order valence-corrected chi connectivity index (χ3v) is 3.68. The second-order valence-corrected chi connectivity index (χ2v) is 5.50. The normalized spacial score (nSPS) is 13.3. The van der Waals surface area contributed by atoms with Crippen LogP contribution in [0.1, 0.15) is 28.9 Å². The molecule has 0 aliphatic carbocycles. The van der Waals surface area contributed by atoms with Crippen molar-refractivity contribution < 1.29 is 0 Å². The molecule has 104 valence electrons. The Morgan fingerprint density at radius 3 is 2.75 bits per heavy atom. The topological polar surface area (TPSA) is 46.9 Å². The van der Waals surface area contributed by atoms with Gasteiger partial charge in [0, 0.05) is 19.5 Å². The van der Waals surface area contributed by atoms with Crippen molar-refractivity contribution in [1.29, 1.82) is 0 Å². The molecular formula is C16H19N3O. The summed E-state index contributed by atoms with van der Waals surface area (Å²) in [5, 5.41) is 3.22. The van der Waals surface area contributed by atoms with Crippen molar-refractivity contribution in [2.45, 2.75) is 39.8 Å². The van der Waals surface area contributed by atoms with Gasteiger partial charge in [-0.05, 0) is 25.8 Å². The van der Waals surface area contributed by atoms with E-state index in [0.717, 1.165) is 25.2 Å². The van der Waals surface area contributed by atoms with Gasteiger partial charge in [-0.3, -0.25) is 9.36 Å². The molecule has 2 aromatic rings. The standard InChI is InChI=1S/C16H19N3O/c1-11-6-12(2)8-13(7-11)9-17-14-10-18-15-4-3-5-19(15)16(14)20/h6-8,10,17H,3-5,9H2,1-2H3. The van der Waals surface area contributed by atoms with Gasteiger partial charge in [0.05, 0.1) is 6.20 Å². The van der Waals surface area contributed by atoms with Crippen LogP contribution in [0.15, 0.2) is 29.2 Å². The molecule has 0 radical (unpaired) electrons. The Balaban J connectivity index is 1.80. The summed E-state index contributed by atoms with van der Waals surface area (Å²) >= 11 is 0. The summed E-state index contributed by atoms with van der Waals surface area (Å²) in [6, 6.07) is 6.42. The number of hydrogen-bond donors (Lipinski definition) is 1. The average Bonchev–Trinajstić information content (AvgIpc) is 2.86. The number of rotatable bonds is 3. The lowest BCUT2D eigenvalue weighted by Crippen LogP contribution is -2.24. The highest BCUT2D eigenvalue weighted by atomic mass is 16.1. The van der Waals surface area contributed by atoms with Gasteiger partial charge in [0.1, 0.15) is 11.5 Å². The van der Waals surface area contributed by atoms with E-state index in [1.54, 1.807) is 10.8 Å². The van der Waals surface area contributed by atoms with E-state index in [1.807, 2.05) is 0 Å². The Kier molecular flexibility index (Phi) is 3.30. The molecule has 4 nitrogen and oxygen atoms in total. The van der Waals surface area contributed by atoms with Crippen LogP contribution in [-0.2, 0) is 19.5 Å². The van der Waals surface area contributed by atoms with Gasteiger partial charge >= 0.3 is 0 Å². The van der Waals surface area contributed by atoms with Crippen LogP contribution in [0.5, 0.6) is 0 Å². The van der Waals surface area contributed by atoms with Crippen molar-refractivity contribution in [1.82, 2.24) is 9.55 Å². The second-order valence-electron chi connectivity index (χ2n) is 5.50. The van der Waals surface area contributed by atoms with Gasteiger partial charge < -0.3 is 5.32 Å². The number of hydrogen-bond acceptors (Lipinski definition) is 3. The van der Waals surface area contributed by atoms with Gasteiger partial charge in [-0.1, -0.05) is 29.3 Å². The first-order valence-corrected chi connectivity index (χ1v) is 7.03. The molecule has 2 heterocycles. The van der Waals surface area contributed by atoms with Gasteiger partial charge in [0.25, 0.3) is 5.56 Å². The molecule has 4 heteroatoms. The molecule has 0 unspecified atom stereocenters. The molecule has 1 aromatic carbocycles. The predicted molar refractivity (Wildman–Crippen MR) is 80.1 cm³/mol. The van der Waals surface area contributed by atoms with Crippen molar-refractivity contribution in [3.05, 3.63) is 57.3 Å². The minimum absolute atomic E-state index is 0.0527. The zero-order valence-electron chi connectivity index (χ0n) is 11.9. The first kappa shape index (κ1) is 12.9. The van der Waals surface area contributed by atoms with Gasteiger partial charge in [-0.15, -0.1) is 0 Å².